The van der Waals surface area contributed by atoms with Crippen LogP contribution in [-0.4, -0.2) is 19.1 Å². The van der Waals surface area contributed by atoms with E-state index in [1.807, 2.05) is 24.4 Å². The van der Waals surface area contributed by atoms with Crippen LogP contribution in [0.5, 0.6) is 0 Å². The van der Waals surface area contributed by atoms with Crippen molar-refractivity contribution in [3.8, 4) is 39.5 Å². The summed E-state index contributed by atoms with van der Waals surface area (Å²) in [7, 11) is 2.09. The van der Waals surface area contributed by atoms with Gasteiger partial charge in [-0.15, -0.1) is 0 Å². The zero-order chi connectivity index (χ0) is 26.6. The molecule has 4 aromatic heterocycles. The van der Waals surface area contributed by atoms with Gasteiger partial charge in [0.15, 0.2) is 0 Å². The van der Waals surface area contributed by atoms with E-state index in [9.17, 15) is 0 Å². The Labute approximate surface area is 235 Å². The molecule has 0 aliphatic carbocycles. The summed E-state index contributed by atoms with van der Waals surface area (Å²) in [6.07, 6.45) is 1.86. The van der Waals surface area contributed by atoms with Gasteiger partial charge >= 0.3 is 0 Å². The molecule has 40 heavy (non-hydrogen) atoms. The lowest BCUT2D eigenvalue weighted by Crippen LogP contribution is -1.97. The summed E-state index contributed by atoms with van der Waals surface area (Å²) in [4.78, 5) is 9.68. The van der Waals surface area contributed by atoms with Crippen molar-refractivity contribution in [3.63, 3.8) is 0 Å². The molecule has 0 aliphatic rings. The molecule has 5 heteroatoms. The van der Waals surface area contributed by atoms with Crippen LogP contribution in [0.15, 0.2) is 126 Å². The van der Waals surface area contributed by atoms with E-state index in [4.69, 9.17) is 4.98 Å². The summed E-state index contributed by atoms with van der Waals surface area (Å²) in [5, 5.41) is 6.79. The van der Waals surface area contributed by atoms with Gasteiger partial charge in [0.1, 0.15) is 5.82 Å². The Hall–Kier alpha value is -5.00. The maximum atomic E-state index is 4.99. The third-order valence-corrected chi connectivity index (χ3v) is 8.39. The van der Waals surface area contributed by atoms with Gasteiger partial charge in [0.25, 0.3) is 0 Å². The van der Waals surface area contributed by atoms with Gasteiger partial charge in [0, 0.05) is 40.8 Å². The first kappa shape index (κ1) is 22.9. The highest BCUT2D eigenvalue weighted by molar-refractivity contribution is 7.08. The molecule has 0 N–H and O–H groups in total. The first-order valence-corrected chi connectivity index (χ1v) is 14.2. The molecule has 0 aliphatic heterocycles. The molecule has 8 aromatic rings. The minimum absolute atomic E-state index is 0.959. The van der Waals surface area contributed by atoms with Crippen molar-refractivity contribution in [2.45, 2.75) is 0 Å². The summed E-state index contributed by atoms with van der Waals surface area (Å²) < 4.78 is 4.57. The largest absolute Gasteiger partial charge is 0.327 e. The standard InChI is InChI=1S/C35H24N4S/c1-38-33-12-5-3-10-31(33)37-35(38)23-13-14-29-28-8-2-4-11-32(28)39(34(29)21-23)27-19-25(24-15-17-40-22-24)18-26(20-27)30-9-6-7-16-36-30/h2-22H,1H3. The molecule has 0 saturated heterocycles. The van der Waals surface area contributed by atoms with Crippen LogP contribution in [0.3, 0.4) is 0 Å². The molecule has 0 bridgehead atoms. The smallest absolute Gasteiger partial charge is 0.140 e. The quantitative estimate of drug-likeness (QED) is 0.227. The third-order valence-electron chi connectivity index (χ3n) is 7.71. The predicted octanol–water partition coefficient (Wildman–Crippen LogP) is 9.13. The van der Waals surface area contributed by atoms with Crippen molar-refractivity contribution in [3.05, 3.63) is 126 Å². The molecule has 4 nitrogen and oxygen atoms in total. The fraction of sp³-hybridized carbons (Fsp3) is 0.0286. The Morgan fingerprint density at radius 1 is 0.625 bits per heavy atom. The molecule has 0 unspecified atom stereocenters. The Balaban J connectivity index is 1.42. The van der Waals surface area contributed by atoms with Crippen LogP contribution in [0, 0.1) is 0 Å². The van der Waals surface area contributed by atoms with Crippen molar-refractivity contribution in [2.75, 3.05) is 0 Å². The summed E-state index contributed by atoms with van der Waals surface area (Å²) in [6.45, 7) is 0. The molecule has 4 heterocycles. The molecule has 0 radical (unpaired) electrons. The van der Waals surface area contributed by atoms with Crippen LogP contribution in [-0.2, 0) is 7.05 Å². The van der Waals surface area contributed by atoms with Gasteiger partial charge in [-0.1, -0.05) is 48.5 Å². The van der Waals surface area contributed by atoms with Crippen LogP contribution in [0.25, 0.3) is 72.3 Å². The second-order valence-corrected chi connectivity index (χ2v) is 10.8. The highest BCUT2D eigenvalue weighted by atomic mass is 32.1. The molecule has 0 fully saturated rings. The second-order valence-electron chi connectivity index (χ2n) is 10.1. The Morgan fingerprint density at radius 2 is 1.43 bits per heavy atom. The van der Waals surface area contributed by atoms with E-state index in [1.165, 1.54) is 27.4 Å². The monoisotopic (exact) mass is 532 g/mol. The molecule has 190 valence electrons. The van der Waals surface area contributed by atoms with E-state index in [0.29, 0.717) is 0 Å². The van der Waals surface area contributed by atoms with E-state index < -0.39 is 0 Å². The molecule has 4 aromatic carbocycles. The summed E-state index contributed by atoms with van der Waals surface area (Å²) in [6, 6.07) is 38.7. The fourth-order valence-corrected chi connectivity index (χ4v) is 6.47. The molecular formula is C35H24N4S. The molecular weight excluding hydrogens is 508 g/mol. The number of hydrogen-bond acceptors (Lipinski definition) is 3. The number of hydrogen-bond donors (Lipinski definition) is 0. The van der Waals surface area contributed by atoms with Gasteiger partial charge in [-0.25, -0.2) is 4.98 Å². The zero-order valence-corrected chi connectivity index (χ0v) is 22.6. The third kappa shape index (κ3) is 3.59. The van der Waals surface area contributed by atoms with Gasteiger partial charge in [0.2, 0.25) is 0 Å². The highest BCUT2D eigenvalue weighted by Crippen LogP contribution is 2.38. The van der Waals surface area contributed by atoms with E-state index in [2.05, 4.69) is 123 Å². The Bertz CT molecular complexity index is 2170. The van der Waals surface area contributed by atoms with Crippen LogP contribution in [0.2, 0.25) is 0 Å². The number of imidazole rings is 1. The van der Waals surface area contributed by atoms with Gasteiger partial charge < -0.3 is 9.13 Å². The van der Waals surface area contributed by atoms with Gasteiger partial charge in [0.05, 0.1) is 27.8 Å². The number of pyridine rings is 1. The van der Waals surface area contributed by atoms with Gasteiger partial charge in [-0.3, -0.25) is 4.98 Å². The van der Waals surface area contributed by atoms with E-state index in [-0.39, 0.29) is 0 Å². The van der Waals surface area contributed by atoms with Crippen molar-refractivity contribution in [1.82, 2.24) is 19.1 Å². The van der Waals surface area contributed by atoms with Crippen LogP contribution in [0.4, 0.5) is 0 Å². The van der Waals surface area contributed by atoms with Crippen LogP contribution < -0.4 is 0 Å². The molecule has 0 amide bonds. The molecule has 8 rings (SSSR count). The first-order valence-electron chi connectivity index (χ1n) is 13.3. The molecule has 0 saturated carbocycles. The van der Waals surface area contributed by atoms with Crippen LogP contribution >= 0.6 is 11.3 Å². The Kier molecular flexibility index (Phi) is 5.18. The highest BCUT2D eigenvalue weighted by Gasteiger charge is 2.17. The number of nitrogens with zero attached hydrogens (tertiary/aromatic N) is 4. The summed E-state index contributed by atoms with van der Waals surface area (Å²) >= 11 is 1.72. The number of rotatable bonds is 4. The minimum atomic E-state index is 0.959. The normalized spacial score (nSPS) is 11.6. The Morgan fingerprint density at radius 3 is 2.25 bits per heavy atom. The topological polar surface area (TPSA) is 35.6 Å². The first-order chi connectivity index (χ1) is 19.7. The zero-order valence-electron chi connectivity index (χ0n) is 21.8. The fourth-order valence-electron chi connectivity index (χ4n) is 5.81. The number of aryl methyl sites for hydroxylation is 1. The predicted molar refractivity (Wildman–Crippen MR) is 167 cm³/mol. The molecule has 0 atom stereocenters. The van der Waals surface area contributed by atoms with Crippen LogP contribution in [0.1, 0.15) is 0 Å². The maximum absolute atomic E-state index is 4.99. The summed E-state index contributed by atoms with van der Waals surface area (Å²) in [5.41, 5.74) is 11.1. The lowest BCUT2D eigenvalue weighted by Gasteiger charge is -2.13. The van der Waals surface area contributed by atoms with E-state index >= 15 is 0 Å². The van der Waals surface area contributed by atoms with E-state index in [0.717, 1.165) is 44.9 Å². The van der Waals surface area contributed by atoms with Crippen molar-refractivity contribution < 1.29 is 0 Å². The maximum Gasteiger partial charge on any atom is 0.140 e. The average molecular weight is 533 g/mol. The SMILES string of the molecule is Cn1c(-c2ccc3c4ccccc4n(-c4cc(-c5ccsc5)cc(-c5ccccn5)c4)c3c2)nc2ccccc21. The second kappa shape index (κ2) is 9.04. The van der Waals surface area contributed by atoms with E-state index in [1.54, 1.807) is 11.3 Å². The number of aromatic nitrogens is 4. The van der Waals surface area contributed by atoms with Crippen molar-refractivity contribution >= 4 is 44.2 Å². The van der Waals surface area contributed by atoms with Crippen molar-refractivity contribution in [2.24, 2.45) is 7.05 Å². The number of fused-ring (bicyclic) bond motifs is 4. The number of benzene rings is 4. The number of para-hydroxylation sites is 3. The average Bonchev–Trinajstić information content (AvgIpc) is 3.74. The lowest BCUT2D eigenvalue weighted by molar-refractivity contribution is 0.959. The van der Waals surface area contributed by atoms with Gasteiger partial charge in [-0.05, 0) is 82.6 Å². The number of thiophene rings is 1. The lowest BCUT2D eigenvalue weighted by atomic mass is 10.0. The summed E-state index contributed by atoms with van der Waals surface area (Å²) in [5.74, 6) is 0.959. The molecule has 0 spiro atoms. The van der Waals surface area contributed by atoms with Gasteiger partial charge in [-0.2, -0.15) is 11.3 Å². The van der Waals surface area contributed by atoms with Crippen molar-refractivity contribution in [1.29, 1.82) is 0 Å². The minimum Gasteiger partial charge on any atom is -0.327 e.